The Labute approximate surface area is 194 Å². The molecule has 0 aliphatic carbocycles. The smallest absolute Gasteiger partial charge is 0.317 e. The van der Waals surface area contributed by atoms with Gasteiger partial charge < -0.3 is 24.3 Å². The average molecular weight is 455 g/mol. The molecule has 1 aromatic heterocycles. The summed E-state index contributed by atoms with van der Waals surface area (Å²) in [4.78, 5) is 18.7. The number of benzene rings is 2. The average Bonchev–Trinajstić information content (AvgIpc) is 3.34. The van der Waals surface area contributed by atoms with E-state index in [-0.39, 0.29) is 11.8 Å². The summed E-state index contributed by atoms with van der Waals surface area (Å²) >= 11 is 0. The molecule has 8 heteroatoms. The SMILES string of the molecule is CCOc1ccc(CN(CCCn2ccnc2)C(=O)NCCCOc2ccc(F)cc2)cc1. The molecular weight excluding hydrogens is 423 g/mol. The van der Waals surface area contributed by atoms with Crippen molar-refractivity contribution in [3.63, 3.8) is 0 Å². The summed E-state index contributed by atoms with van der Waals surface area (Å²) in [5, 5.41) is 2.98. The number of amides is 2. The quantitative estimate of drug-likeness (QED) is 0.387. The summed E-state index contributed by atoms with van der Waals surface area (Å²) in [6.45, 7) is 5.40. The van der Waals surface area contributed by atoms with Crippen molar-refractivity contribution in [2.24, 2.45) is 0 Å². The molecule has 2 amide bonds. The van der Waals surface area contributed by atoms with Crippen molar-refractivity contribution in [3.05, 3.63) is 78.6 Å². The second-order valence-electron chi connectivity index (χ2n) is 7.54. The summed E-state index contributed by atoms with van der Waals surface area (Å²) in [6.07, 6.45) is 6.90. The monoisotopic (exact) mass is 454 g/mol. The zero-order chi connectivity index (χ0) is 23.3. The van der Waals surface area contributed by atoms with Crippen LogP contribution in [0.1, 0.15) is 25.3 Å². The van der Waals surface area contributed by atoms with Crippen LogP contribution in [0.25, 0.3) is 0 Å². The molecular formula is C25H31FN4O3. The number of rotatable bonds is 13. The van der Waals surface area contributed by atoms with Crippen molar-refractivity contribution in [1.29, 1.82) is 0 Å². The Kier molecular flexibility index (Phi) is 9.57. The molecule has 0 aliphatic rings. The highest BCUT2D eigenvalue weighted by atomic mass is 19.1. The number of carbonyl (C=O) groups is 1. The van der Waals surface area contributed by atoms with Gasteiger partial charge in [0.15, 0.2) is 0 Å². The molecule has 0 aliphatic heterocycles. The summed E-state index contributed by atoms with van der Waals surface area (Å²) in [5.74, 6) is 1.13. The molecule has 0 bridgehead atoms. The first-order valence-electron chi connectivity index (χ1n) is 11.2. The van der Waals surface area contributed by atoms with Crippen LogP contribution in [0.2, 0.25) is 0 Å². The Morgan fingerprint density at radius 2 is 1.79 bits per heavy atom. The maximum Gasteiger partial charge on any atom is 0.317 e. The van der Waals surface area contributed by atoms with Crippen molar-refractivity contribution in [1.82, 2.24) is 19.8 Å². The maximum atomic E-state index is 13.0. The Bertz CT molecular complexity index is 947. The summed E-state index contributed by atoms with van der Waals surface area (Å²) in [7, 11) is 0. The summed E-state index contributed by atoms with van der Waals surface area (Å²) in [6, 6.07) is 13.6. The molecule has 2 aromatic carbocycles. The number of aromatic nitrogens is 2. The van der Waals surface area contributed by atoms with Crippen molar-refractivity contribution < 1.29 is 18.7 Å². The molecule has 0 spiro atoms. The fraction of sp³-hybridized carbons (Fsp3) is 0.360. The van der Waals surface area contributed by atoms with Crippen LogP contribution in [0.5, 0.6) is 11.5 Å². The largest absolute Gasteiger partial charge is 0.494 e. The normalized spacial score (nSPS) is 10.6. The minimum atomic E-state index is -0.296. The van der Waals surface area contributed by atoms with Gasteiger partial charge in [0, 0.05) is 38.6 Å². The number of urea groups is 1. The first kappa shape index (κ1) is 24.1. The molecule has 0 radical (unpaired) electrons. The van der Waals surface area contributed by atoms with Gasteiger partial charge in [0.1, 0.15) is 17.3 Å². The van der Waals surface area contributed by atoms with E-state index in [1.807, 2.05) is 46.9 Å². The highest BCUT2D eigenvalue weighted by Crippen LogP contribution is 2.14. The summed E-state index contributed by atoms with van der Waals surface area (Å²) < 4.78 is 26.0. The van der Waals surface area contributed by atoms with Crippen molar-refractivity contribution in [2.45, 2.75) is 32.9 Å². The van der Waals surface area contributed by atoms with Crippen LogP contribution in [0, 0.1) is 5.82 Å². The second kappa shape index (κ2) is 13.1. The van der Waals surface area contributed by atoms with Crippen LogP contribution in [0.4, 0.5) is 9.18 Å². The Morgan fingerprint density at radius 1 is 1.06 bits per heavy atom. The van der Waals surface area contributed by atoms with Gasteiger partial charge in [0.2, 0.25) is 0 Å². The van der Waals surface area contributed by atoms with Crippen molar-refractivity contribution >= 4 is 6.03 Å². The lowest BCUT2D eigenvalue weighted by Crippen LogP contribution is -2.41. The van der Waals surface area contributed by atoms with Crippen LogP contribution in [0.3, 0.4) is 0 Å². The Hall–Kier alpha value is -3.55. The zero-order valence-electron chi connectivity index (χ0n) is 19.0. The molecule has 7 nitrogen and oxygen atoms in total. The molecule has 3 rings (SSSR count). The van der Waals surface area contributed by atoms with E-state index in [4.69, 9.17) is 9.47 Å². The van der Waals surface area contributed by atoms with E-state index in [9.17, 15) is 9.18 Å². The van der Waals surface area contributed by atoms with Crippen LogP contribution >= 0.6 is 0 Å². The number of imidazole rings is 1. The number of halogens is 1. The molecule has 0 saturated heterocycles. The van der Waals surface area contributed by atoms with Crippen LogP contribution in [-0.2, 0) is 13.1 Å². The van der Waals surface area contributed by atoms with Crippen molar-refractivity contribution in [3.8, 4) is 11.5 Å². The second-order valence-corrected chi connectivity index (χ2v) is 7.54. The van der Waals surface area contributed by atoms with Gasteiger partial charge in [-0.25, -0.2) is 14.2 Å². The highest BCUT2D eigenvalue weighted by molar-refractivity contribution is 5.74. The molecule has 0 unspecified atom stereocenters. The topological polar surface area (TPSA) is 68.6 Å². The van der Waals surface area contributed by atoms with Crippen LogP contribution in [0.15, 0.2) is 67.3 Å². The number of nitrogens with one attached hydrogen (secondary N) is 1. The molecule has 0 saturated carbocycles. The van der Waals surface area contributed by atoms with E-state index >= 15 is 0 Å². The van der Waals surface area contributed by atoms with E-state index in [0.717, 1.165) is 24.3 Å². The fourth-order valence-corrected chi connectivity index (χ4v) is 3.29. The third-order valence-corrected chi connectivity index (χ3v) is 4.98. The van der Waals surface area contributed by atoms with Gasteiger partial charge in [-0.05, 0) is 61.7 Å². The molecule has 0 atom stereocenters. The van der Waals surface area contributed by atoms with Gasteiger partial charge in [0.05, 0.1) is 19.5 Å². The lowest BCUT2D eigenvalue weighted by atomic mass is 10.2. The van der Waals surface area contributed by atoms with E-state index in [1.165, 1.54) is 12.1 Å². The number of hydrogen-bond acceptors (Lipinski definition) is 4. The minimum Gasteiger partial charge on any atom is -0.494 e. The van der Waals surface area contributed by atoms with Gasteiger partial charge in [0.25, 0.3) is 0 Å². The van der Waals surface area contributed by atoms with Crippen molar-refractivity contribution in [2.75, 3.05) is 26.3 Å². The molecule has 33 heavy (non-hydrogen) atoms. The van der Waals surface area contributed by atoms with Crippen LogP contribution in [-0.4, -0.2) is 46.8 Å². The third kappa shape index (κ3) is 8.48. The Morgan fingerprint density at radius 3 is 2.48 bits per heavy atom. The number of ether oxygens (including phenoxy) is 2. The van der Waals surface area contributed by atoms with E-state index in [2.05, 4.69) is 10.3 Å². The number of nitrogens with zero attached hydrogens (tertiary/aromatic N) is 3. The number of aryl methyl sites for hydroxylation is 1. The highest BCUT2D eigenvalue weighted by Gasteiger charge is 2.14. The molecule has 1 N–H and O–H groups in total. The van der Waals surface area contributed by atoms with Gasteiger partial charge in [-0.1, -0.05) is 12.1 Å². The van der Waals surface area contributed by atoms with Gasteiger partial charge >= 0.3 is 6.03 Å². The zero-order valence-corrected chi connectivity index (χ0v) is 19.0. The van der Waals surface area contributed by atoms with E-state index < -0.39 is 0 Å². The lowest BCUT2D eigenvalue weighted by Gasteiger charge is -2.23. The van der Waals surface area contributed by atoms with Crippen LogP contribution < -0.4 is 14.8 Å². The number of carbonyl (C=O) groups excluding carboxylic acids is 1. The maximum absolute atomic E-state index is 13.0. The van der Waals surface area contributed by atoms with Gasteiger partial charge in [-0.2, -0.15) is 0 Å². The lowest BCUT2D eigenvalue weighted by molar-refractivity contribution is 0.192. The van der Waals surface area contributed by atoms with E-state index in [1.54, 1.807) is 24.7 Å². The number of hydrogen-bond donors (Lipinski definition) is 1. The first-order chi connectivity index (χ1) is 16.1. The standard InChI is InChI=1S/C25H31FN4O3/c1-2-32-23-9-5-21(6-10-23)19-30(16-4-15-29-17-14-27-20-29)25(31)28-13-3-18-33-24-11-7-22(26)8-12-24/h5-12,14,17,20H,2-4,13,15-16,18-19H2,1H3,(H,28,31). The molecule has 1 heterocycles. The first-order valence-corrected chi connectivity index (χ1v) is 11.2. The molecule has 0 fully saturated rings. The summed E-state index contributed by atoms with van der Waals surface area (Å²) in [5.41, 5.74) is 1.04. The third-order valence-electron chi connectivity index (χ3n) is 4.98. The van der Waals surface area contributed by atoms with E-state index in [0.29, 0.717) is 45.0 Å². The predicted molar refractivity (Wildman–Crippen MR) is 125 cm³/mol. The molecule has 3 aromatic rings. The van der Waals surface area contributed by atoms with Gasteiger partial charge in [-0.3, -0.25) is 0 Å². The van der Waals surface area contributed by atoms with Gasteiger partial charge in [-0.15, -0.1) is 0 Å². The predicted octanol–water partition coefficient (Wildman–Crippen LogP) is 4.49. The Balaban J connectivity index is 1.47. The fourth-order valence-electron chi connectivity index (χ4n) is 3.29. The molecule has 176 valence electrons. The minimum absolute atomic E-state index is 0.115.